The zero-order valence-corrected chi connectivity index (χ0v) is 14.1. The van der Waals surface area contributed by atoms with Gasteiger partial charge in [0.25, 0.3) is 0 Å². The fourth-order valence-corrected chi connectivity index (χ4v) is 2.97. The van der Waals surface area contributed by atoms with E-state index in [0.717, 1.165) is 21.4 Å². The Bertz CT molecular complexity index is 628. The van der Waals surface area contributed by atoms with Gasteiger partial charge in [0.05, 0.1) is 12.3 Å². The molecule has 0 amide bonds. The van der Waals surface area contributed by atoms with E-state index in [9.17, 15) is 9.90 Å². The molecular formula is C14H15BrN2O3S. The first-order valence-electron chi connectivity index (χ1n) is 6.18. The SMILES string of the molecule is COCc1nc(N(C)Cc2ccc(Br)cc2)sc1C(=O)O. The number of benzene rings is 1. The van der Waals surface area contributed by atoms with Crippen molar-refractivity contribution in [1.82, 2.24) is 4.98 Å². The van der Waals surface area contributed by atoms with E-state index in [1.165, 1.54) is 7.11 Å². The summed E-state index contributed by atoms with van der Waals surface area (Å²) in [6.45, 7) is 0.858. The van der Waals surface area contributed by atoms with Crippen LogP contribution in [0.5, 0.6) is 0 Å². The molecule has 1 aromatic carbocycles. The average molecular weight is 371 g/mol. The molecule has 0 spiro atoms. The topological polar surface area (TPSA) is 62.7 Å². The van der Waals surface area contributed by atoms with Crippen molar-refractivity contribution >= 4 is 38.4 Å². The Kier molecular flexibility index (Phi) is 5.33. The van der Waals surface area contributed by atoms with Gasteiger partial charge in [-0.3, -0.25) is 0 Å². The second-order valence-corrected chi connectivity index (χ2v) is 6.39. The molecule has 0 saturated carbocycles. The molecule has 0 aliphatic carbocycles. The third-order valence-corrected chi connectivity index (χ3v) is 4.55. The van der Waals surface area contributed by atoms with Crippen molar-refractivity contribution in [2.24, 2.45) is 0 Å². The van der Waals surface area contributed by atoms with Crippen LogP contribution in [0.15, 0.2) is 28.7 Å². The van der Waals surface area contributed by atoms with Crippen LogP contribution >= 0.6 is 27.3 Å². The fraction of sp³-hybridized carbons (Fsp3) is 0.286. The number of aromatic nitrogens is 1. The molecule has 0 saturated heterocycles. The Morgan fingerprint density at radius 1 is 1.43 bits per heavy atom. The maximum absolute atomic E-state index is 11.2. The minimum absolute atomic E-state index is 0.199. The van der Waals surface area contributed by atoms with E-state index < -0.39 is 5.97 Å². The number of carboxylic acid groups (broad SMARTS) is 1. The lowest BCUT2D eigenvalue weighted by Gasteiger charge is -2.15. The van der Waals surface area contributed by atoms with Crippen molar-refractivity contribution in [3.63, 3.8) is 0 Å². The lowest BCUT2D eigenvalue weighted by atomic mass is 10.2. The first-order chi connectivity index (χ1) is 10.0. The van der Waals surface area contributed by atoms with Crippen molar-refractivity contribution in [1.29, 1.82) is 0 Å². The molecule has 5 nitrogen and oxygen atoms in total. The highest BCUT2D eigenvalue weighted by Crippen LogP contribution is 2.27. The van der Waals surface area contributed by atoms with Crippen molar-refractivity contribution in [2.45, 2.75) is 13.2 Å². The summed E-state index contributed by atoms with van der Waals surface area (Å²) in [6, 6.07) is 7.98. The molecule has 0 radical (unpaired) electrons. The number of hydrogen-bond acceptors (Lipinski definition) is 5. The standard InChI is InChI=1S/C14H15BrN2O3S/c1-17(7-9-3-5-10(15)6-4-9)14-16-11(8-20-2)12(21-14)13(18)19/h3-6H,7-8H2,1-2H3,(H,18,19). The van der Waals surface area contributed by atoms with Gasteiger partial charge < -0.3 is 14.7 Å². The second kappa shape index (κ2) is 7.02. The number of carboxylic acids is 1. The Morgan fingerprint density at radius 3 is 2.67 bits per heavy atom. The smallest absolute Gasteiger partial charge is 0.347 e. The van der Waals surface area contributed by atoms with Crippen molar-refractivity contribution < 1.29 is 14.6 Å². The van der Waals surface area contributed by atoms with E-state index in [0.29, 0.717) is 17.4 Å². The van der Waals surface area contributed by atoms with Crippen LogP contribution in [0, 0.1) is 0 Å². The third-order valence-electron chi connectivity index (χ3n) is 2.82. The summed E-state index contributed by atoms with van der Waals surface area (Å²) in [5.41, 5.74) is 1.59. The second-order valence-electron chi connectivity index (χ2n) is 4.49. The number of halogens is 1. The summed E-state index contributed by atoms with van der Waals surface area (Å²) in [7, 11) is 3.42. The van der Waals surface area contributed by atoms with Gasteiger partial charge in [0.2, 0.25) is 0 Å². The average Bonchev–Trinajstić information content (AvgIpc) is 2.86. The molecule has 0 aliphatic heterocycles. The number of carbonyl (C=O) groups is 1. The lowest BCUT2D eigenvalue weighted by Crippen LogP contribution is -2.16. The molecular weight excluding hydrogens is 356 g/mol. The maximum Gasteiger partial charge on any atom is 0.347 e. The third kappa shape index (κ3) is 4.03. The Labute approximate surface area is 135 Å². The lowest BCUT2D eigenvalue weighted by molar-refractivity contribution is 0.0697. The van der Waals surface area contributed by atoms with Crippen molar-refractivity contribution in [3.05, 3.63) is 44.9 Å². The van der Waals surface area contributed by atoms with Gasteiger partial charge in [0.1, 0.15) is 4.88 Å². The van der Waals surface area contributed by atoms with Crippen LogP contribution in [0.25, 0.3) is 0 Å². The number of anilines is 1. The summed E-state index contributed by atoms with van der Waals surface area (Å²) in [5, 5.41) is 9.87. The number of thiazole rings is 1. The van der Waals surface area contributed by atoms with Crippen LogP contribution < -0.4 is 4.90 Å². The van der Waals surface area contributed by atoms with Gasteiger partial charge in [-0.15, -0.1) is 0 Å². The predicted molar refractivity (Wildman–Crippen MR) is 86.0 cm³/mol. The van der Waals surface area contributed by atoms with Crippen LogP contribution in [0.1, 0.15) is 20.9 Å². The molecule has 0 fully saturated rings. The Balaban J connectivity index is 2.18. The monoisotopic (exact) mass is 370 g/mol. The summed E-state index contributed by atoms with van der Waals surface area (Å²) in [5.74, 6) is -0.970. The molecule has 0 aliphatic rings. The number of rotatable bonds is 6. The van der Waals surface area contributed by atoms with Crippen LogP contribution in [0.4, 0.5) is 5.13 Å². The van der Waals surface area contributed by atoms with Crippen LogP contribution in [0.2, 0.25) is 0 Å². The van der Waals surface area contributed by atoms with Gasteiger partial charge in [-0.05, 0) is 17.7 Å². The first-order valence-corrected chi connectivity index (χ1v) is 7.79. The first kappa shape index (κ1) is 15.9. The van der Waals surface area contributed by atoms with Crippen LogP contribution in [-0.4, -0.2) is 30.2 Å². The van der Waals surface area contributed by atoms with Gasteiger partial charge in [-0.2, -0.15) is 0 Å². The molecule has 112 valence electrons. The van der Waals surface area contributed by atoms with E-state index >= 15 is 0 Å². The van der Waals surface area contributed by atoms with E-state index in [2.05, 4.69) is 20.9 Å². The van der Waals surface area contributed by atoms with Crippen LogP contribution in [0.3, 0.4) is 0 Å². The van der Waals surface area contributed by atoms with Gasteiger partial charge in [0.15, 0.2) is 5.13 Å². The van der Waals surface area contributed by atoms with Gasteiger partial charge in [-0.1, -0.05) is 39.4 Å². The van der Waals surface area contributed by atoms with Gasteiger partial charge >= 0.3 is 5.97 Å². The Hall–Kier alpha value is -1.44. The molecule has 1 N–H and O–H groups in total. The molecule has 0 atom stereocenters. The predicted octanol–water partition coefficient (Wildman–Crippen LogP) is 3.39. The molecule has 1 heterocycles. The van der Waals surface area contributed by atoms with E-state index in [-0.39, 0.29) is 11.5 Å². The fourth-order valence-electron chi connectivity index (χ4n) is 1.84. The molecule has 21 heavy (non-hydrogen) atoms. The van der Waals surface area contributed by atoms with E-state index in [1.807, 2.05) is 36.2 Å². The highest BCUT2D eigenvalue weighted by Gasteiger charge is 2.19. The van der Waals surface area contributed by atoms with Crippen molar-refractivity contribution in [3.8, 4) is 0 Å². The molecule has 1 aromatic heterocycles. The zero-order valence-electron chi connectivity index (χ0n) is 11.7. The highest BCUT2D eigenvalue weighted by molar-refractivity contribution is 9.10. The van der Waals surface area contributed by atoms with Crippen molar-refractivity contribution in [2.75, 3.05) is 19.1 Å². The highest BCUT2D eigenvalue weighted by atomic mass is 79.9. The van der Waals surface area contributed by atoms with Gasteiger partial charge in [-0.25, -0.2) is 9.78 Å². The number of hydrogen-bond donors (Lipinski definition) is 1. The van der Waals surface area contributed by atoms with Crippen LogP contribution in [-0.2, 0) is 17.9 Å². The number of methoxy groups -OCH3 is 1. The van der Waals surface area contributed by atoms with E-state index in [1.54, 1.807) is 0 Å². The zero-order chi connectivity index (χ0) is 15.4. The number of aromatic carboxylic acids is 1. The molecule has 2 rings (SSSR count). The van der Waals surface area contributed by atoms with Gasteiger partial charge in [0, 0.05) is 25.2 Å². The molecule has 7 heteroatoms. The molecule has 2 aromatic rings. The maximum atomic E-state index is 11.2. The van der Waals surface area contributed by atoms with E-state index in [4.69, 9.17) is 4.74 Å². The largest absolute Gasteiger partial charge is 0.477 e. The number of nitrogens with zero attached hydrogens (tertiary/aromatic N) is 2. The number of ether oxygens (including phenoxy) is 1. The molecule has 0 unspecified atom stereocenters. The minimum atomic E-state index is -0.970. The summed E-state index contributed by atoms with van der Waals surface area (Å²) < 4.78 is 6.03. The Morgan fingerprint density at radius 2 is 2.10 bits per heavy atom. The quantitative estimate of drug-likeness (QED) is 0.844. The normalized spacial score (nSPS) is 10.6. The summed E-state index contributed by atoms with van der Waals surface area (Å²) >= 11 is 4.56. The minimum Gasteiger partial charge on any atom is -0.477 e. The molecule has 0 bridgehead atoms. The summed E-state index contributed by atoms with van der Waals surface area (Å²) in [4.78, 5) is 17.7. The summed E-state index contributed by atoms with van der Waals surface area (Å²) in [6.07, 6.45) is 0.